The molecule has 1 N–H and O–H groups in total. The van der Waals surface area contributed by atoms with Gasteiger partial charge in [-0.3, -0.25) is 14.0 Å². The highest BCUT2D eigenvalue weighted by atomic mass is 32.2. The van der Waals surface area contributed by atoms with Crippen molar-refractivity contribution in [3.8, 4) is 0 Å². The number of amides is 1. The van der Waals surface area contributed by atoms with E-state index in [1.807, 2.05) is 43.3 Å². The highest BCUT2D eigenvalue weighted by Gasteiger charge is 2.24. The third-order valence-corrected chi connectivity index (χ3v) is 5.71. The summed E-state index contributed by atoms with van der Waals surface area (Å²) < 4.78 is 7.01. The first-order chi connectivity index (χ1) is 13.6. The normalized spacial score (nSPS) is 16.4. The Kier molecular flexibility index (Phi) is 5.45. The highest BCUT2D eigenvalue weighted by molar-refractivity contribution is 7.98. The molecule has 7 heteroatoms. The molecule has 1 atom stereocenters. The summed E-state index contributed by atoms with van der Waals surface area (Å²) in [4.78, 5) is 30.2. The summed E-state index contributed by atoms with van der Waals surface area (Å²) in [5, 5.41) is 2.96. The van der Waals surface area contributed by atoms with E-state index in [2.05, 4.69) is 10.3 Å². The summed E-state index contributed by atoms with van der Waals surface area (Å²) in [5.74, 6) is 0.426. The van der Waals surface area contributed by atoms with Gasteiger partial charge in [0.15, 0.2) is 0 Å². The van der Waals surface area contributed by atoms with E-state index in [1.54, 1.807) is 16.7 Å². The first kappa shape index (κ1) is 18.7. The van der Waals surface area contributed by atoms with Crippen molar-refractivity contribution in [3.63, 3.8) is 0 Å². The van der Waals surface area contributed by atoms with Crippen molar-refractivity contribution in [2.75, 3.05) is 11.9 Å². The average molecular weight is 395 g/mol. The highest BCUT2D eigenvalue weighted by Crippen LogP contribution is 2.30. The van der Waals surface area contributed by atoms with Crippen LogP contribution in [0.25, 0.3) is 5.65 Å². The van der Waals surface area contributed by atoms with Crippen LogP contribution in [-0.2, 0) is 15.3 Å². The number of rotatable bonds is 5. The van der Waals surface area contributed by atoms with Gasteiger partial charge in [-0.05, 0) is 43.5 Å². The molecule has 1 aromatic carbocycles. The number of aromatic nitrogens is 2. The summed E-state index contributed by atoms with van der Waals surface area (Å²) >= 11 is 1.54. The van der Waals surface area contributed by atoms with Gasteiger partial charge >= 0.3 is 0 Å². The van der Waals surface area contributed by atoms with E-state index in [0.717, 1.165) is 29.0 Å². The van der Waals surface area contributed by atoms with E-state index in [4.69, 9.17) is 4.74 Å². The van der Waals surface area contributed by atoms with Crippen molar-refractivity contribution in [2.24, 2.45) is 0 Å². The molecule has 1 saturated heterocycles. The Labute approximate surface area is 166 Å². The topological polar surface area (TPSA) is 72.7 Å². The Morgan fingerprint density at radius 1 is 1.32 bits per heavy atom. The van der Waals surface area contributed by atoms with Crippen molar-refractivity contribution in [1.29, 1.82) is 0 Å². The lowest BCUT2D eigenvalue weighted by atomic mass is 10.2. The SMILES string of the molecule is Cc1ccc2nc(CSc3ccccc3NC(=O)[C@H]3CCCO3)cc(=O)n2c1. The minimum atomic E-state index is -0.372. The van der Waals surface area contributed by atoms with Crippen LogP contribution in [0.1, 0.15) is 24.1 Å². The van der Waals surface area contributed by atoms with Crippen LogP contribution in [0.4, 0.5) is 5.69 Å². The number of para-hydroxylation sites is 1. The van der Waals surface area contributed by atoms with Gasteiger partial charge in [0.1, 0.15) is 11.8 Å². The second-order valence-electron chi connectivity index (χ2n) is 6.80. The van der Waals surface area contributed by atoms with Crippen LogP contribution in [-0.4, -0.2) is 28.0 Å². The number of fused-ring (bicyclic) bond motifs is 1. The van der Waals surface area contributed by atoms with Gasteiger partial charge in [0.05, 0.1) is 11.4 Å². The monoisotopic (exact) mass is 395 g/mol. The van der Waals surface area contributed by atoms with Gasteiger partial charge in [-0.25, -0.2) is 4.98 Å². The van der Waals surface area contributed by atoms with E-state index >= 15 is 0 Å². The minimum Gasteiger partial charge on any atom is -0.368 e. The van der Waals surface area contributed by atoms with Gasteiger partial charge < -0.3 is 10.1 Å². The fourth-order valence-corrected chi connectivity index (χ4v) is 4.08. The van der Waals surface area contributed by atoms with Gasteiger partial charge in [0.2, 0.25) is 0 Å². The number of hydrogen-bond donors (Lipinski definition) is 1. The molecular weight excluding hydrogens is 374 g/mol. The van der Waals surface area contributed by atoms with Crippen LogP contribution in [0.15, 0.2) is 58.4 Å². The van der Waals surface area contributed by atoms with Gasteiger partial charge in [-0.15, -0.1) is 11.8 Å². The van der Waals surface area contributed by atoms with Crippen molar-refractivity contribution < 1.29 is 9.53 Å². The van der Waals surface area contributed by atoms with Crippen LogP contribution in [0.2, 0.25) is 0 Å². The van der Waals surface area contributed by atoms with E-state index in [9.17, 15) is 9.59 Å². The molecule has 1 amide bonds. The zero-order valence-electron chi connectivity index (χ0n) is 15.6. The molecule has 0 spiro atoms. The molecule has 0 saturated carbocycles. The number of thioether (sulfide) groups is 1. The average Bonchev–Trinajstić information content (AvgIpc) is 3.23. The summed E-state index contributed by atoms with van der Waals surface area (Å²) in [5.41, 5.74) is 3.01. The van der Waals surface area contributed by atoms with Crippen LogP contribution < -0.4 is 10.9 Å². The molecule has 28 heavy (non-hydrogen) atoms. The Bertz CT molecular complexity index is 1070. The second-order valence-corrected chi connectivity index (χ2v) is 7.81. The van der Waals surface area contributed by atoms with Crippen molar-refractivity contribution in [2.45, 2.75) is 36.5 Å². The van der Waals surface area contributed by atoms with Gasteiger partial charge in [-0.2, -0.15) is 0 Å². The van der Waals surface area contributed by atoms with Gasteiger partial charge in [0.25, 0.3) is 11.5 Å². The van der Waals surface area contributed by atoms with Crippen LogP contribution in [0.5, 0.6) is 0 Å². The molecule has 0 radical (unpaired) electrons. The Morgan fingerprint density at radius 2 is 2.18 bits per heavy atom. The number of hydrogen-bond acceptors (Lipinski definition) is 5. The molecule has 0 unspecified atom stereocenters. The Morgan fingerprint density at radius 3 is 3.00 bits per heavy atom. The quantitative estimate of drug-likeness (QED) is 0.670. The molecule has 144 valence electrons. The molecule has 3 heterocycles. The molecule has 3 aromatic rings. The fraction of sp³-hybridized carbons (Fsp3) is 0.286. The number of ether oxygens (including phenoxy) is 1. The molecule has 6 nitrogen and oxygen atoms in total. The zero-order chi connectivity index (χ0) is 19.5. The second kappa shape index (κ2) is 8.16. The van der Waals surface area contributed by atoms with Crippen molar-refractivity contribution in [3.05, 3.63) is 70.3 Å². The number of carbonyl (C=O) groups is 1. The Hall–Kier alpha value is -2.64. The lowest BCUT2D eigenvalue weighted by Crippen LogP contribution is -2.27. The maximum Gasteiger partial charge on any atom is 0.258 e. The summed E-state index contributed by atoms with van der Waals surface area (Å²) in [7, 11) is 0. The molecule has 0 bridgehead atoms. The molecule has 1 aliphatic rings. The third-order valence-electron chi connectivity index (χ3n) is 4.60. The van der Waals surface area contributed by atoms with Crippen molar-refractivity contribution >= 4 is 29.0 Å². The van der Waals surface area contributed by atoms with E-state index in [1.165, 1.54) is 11.8 Å². The van der Waals surface area contributed by atoms with E-state index in [0.29, 0.717) is 23.7 Å². The Balaban J connectivity index is 1.51. The number of aryl methyl sites for hydroxylation is 1. The fourth-order valence-electron chi connectivity index (χ4n) is 3.18. The summed E-state index contributed by atoms with van der Waals surface area (Å²) in [6, 6.07) is 13.0. The number of benzene rings is 1. The molecular formula is C21H21N3O3S. The predicted molar refractivity (Wildman–Crippen MR) is 110 cm³/mol. The number of pyridine rings is 1. The third kappa shape index (κ3) is 4.10. The van der Waals surface area contributed by atoms with Crippen LogP contribution >= 0.6 is 11.8 Å². The van der Waals surface area contributed by atoms with E-state index < -0.39 is 0 Å². The molecule has 1 aliphatic heterocycles. The maximum absolute atomic E-state index is 12.4. The minimum absolute atomic E-state index is 0.0933. The lowest BCUT2D eigenvalue weighted by molar-refractivity contribution is -0.124. The molecule has 4 rings (SSSR count). The van der Waals surface area contributed by atoms with Crippen molar-refractivity contribution in [1.82, 2.24) is 9.38 Å². The number of carbonyl (C=O) groups excluding carboxylic acids is 1. The smallest absolute Gasteiger partial charge is 0.258 e. The number of nitrogens with zero attached hydrogens (tertiary/aromatic N) is 2. The van der Waals surface area contributed by atoms with Crippen LogP contribution in [0, 0.1) is 6.92 Å². The van der Waals surface area contributed by atoms with Gasteiger partial charge in [0, 0.05) is 29.5 Å². The lowest BCUT2D eigenvalue weighted by Gasteiger charge is -2.13. The molecule has 2 aromatic heterocycles. The zero-order valence-corrected chi connectivity index (χ0v) is 16.4. The molecule has 1 fully saturated rings. The summed E-state index contributed by atoms with van der Waals surface area (Å²) in [6.45, 7) is 2.58. The maximum atomic E-state index is 12.4. The summed E-state index contributed by atoms with van der Waals surface area (Å²) in [6.07, 6.45) is 3.09. The van der Waals surface area contributed by atoms with Gasteiger partial charge in [-0.1, -0.05) is 18.2 Å². The number of anilines is 1. The first-order valence-electron chi connectivity index (χ1n) is 9.23. The predicted octanol–water partition coefficient (Wildman–Crippen LogP) is 3.41. The largest absolute Gasteiger partial charge is 0.368 e. The first-order valence-corrected chi connectivity index (χ1v) is 10.2. The standard InChI is InChI=1S/C21H21N3O3S/c1-14-8-9-19-22-15(11-20(25)24(19)12-14)13-28-18-7-3-2-5-16(18)23-21(26)17-6-4-10-27-17/h2-3,5,7-9,11-12,17H,4,6,10,13H2,1H3,(H,23,26)/t17-/m1/s1. The molecule has 0 aliphatic carbocycles. The van der Waals surface area contributed by atoms with E-state index in [-0.39, 0.29) is 17.6 Å². The van der Waals surface area contributed by atoms with Crippen LogP contribution in [0.3, 0.4) is 0 Å². The number of nitrogens with one attached hydrogen (secondary N) is 1.